The lowest BCUT2D eigenvalue weighted by molar-refractivity contribution is 0.0697. The number of hydrogen-bond acceptors (Lipinski definition) is 2. The highest BCUT2D eigenvalue weighted by Gasteiger charge is 2.25. The lowest BCUT2D eigenvalue weighted by Gasteiger charge is -2.33. The summed E-state index contributed by atoms with van der Waals surface area (Å²) < 4.78 is 0. The fourth-order valence-corrected chi connectivity index (χ4v) is 2.24. The summed E-state index contributed by atoms with van der Waals surface area (Å²) in [5, 5.41) is 12.7. The van der Waals surface area contributed by atoms with Gasteiger partial charge in [0.1, 0.15) is 0 Å². The normalized spacial score (nSPS) is 11.3. The molecule has 3 heteroatoms. The van der Waals surface area contributed by atoms with Gasteiger partial charge in [-0.2, -0.15) is 0 Å². The van der Waals surface area contributed by atoms with Crippen LogP contribution < -0.4 is 5.32 Å². The van der Waals surface area contributed by atoms with E-state index in [1.165, 1.54) is 0 Å². The Labute approximate surface area is 109 Å². The molecule has 0 heterocycles. The number of carboxylic acid groups (broad SMARTS) is 1. The molecule has 100 valence electrons. The molecular formula is C15H23NO2. The Morgan fingerprint density at radius 3 is 2.22 bits per heavy atom. The molecule has 0 fully saturated rings. The molecular weight excluding hydrogens is 226 g/mol. The summed E-state index contributed by atoms with van der Waals surface area (Å²) in [5.41, 5.74) is 2.03. The van der Waals surface area contributed by atoms with Gasteiger partial charge in [0.15, 0.2) is 0 Å². The Balaban J connectivity index is 3.13. The molecule has 0 atom stereocenters. The van der Waals surface area contributed by atoms with Gasteiger partial charge in [-0.05, 0) is 38.3 Å². The maximum atomic E-state index is 11.3. The SMILES string of the molecule is CCC(CC)(CC)Nc1ccc(C)cc1C(=O)O. The quantitative estimate of drug-likeness (QED) is 0.798. The van der Waals surface area contributed by atoms with E-state index in [1.807, 2.05) is 19.1 Å². The maximum absolute atomic E-state index is 11.3. The van der Waals surface area contributed by atoms with Gasteiger partial charge in [0.2, 0.25) is 0 Å². The zero-order valence-electron chi connectivity index (χ0n) is 11.7. The van der Waals surface area contributed by atoms with Crippen LogP contribution in [0.2, 0.25) is 0 Å². The van der Waals surface area contributed by atoms with Crippen LogP contribution in [0.5, 0.6) is 0 Å². The van der Waals surface area contributed by atoms with Crippen molar-refractivity contribution in [3.8, 4) is 0 Å². The number of anilines is 1. The zero-order chi connectivity index (χ0) is 13.8. The summed E-state index contributed by atoms with van der Waals surface area (Å²) in [6, 6.07) is 5.53. The van der Waals surface area contributed by atoms with E-state index < -0.39 is 5.97 Å². The number of aryl methyl sites for hydroxylation is 1. The van der Waals surface area contributed by atoms with Gasteiger partial charge in [-0.1, -0.05) is 32.4 Å². The van der Waals surface area contributed by atoms with Crippen molar-refractivity contribution in [3.05, 3.63) is 29.3 Å². The topological polar surface area (TPSA) is 49.3 Å². The van der Waals surface area contributed by atoms with Crippen LogP contribution in [0.4, 0.5) is 5.69 Å². The van der Waals surface area contributed by atoms with E-state index in [0.29, 0.717) is 5.56 Å². The van der Waals surface area contributed by atoms with Crippen molar-refractivity contribution in [2.45, 2.75) is 52.5 Å². The minimum absolute atomic E-state index is 0.0144. The molecule has 1 aromatic rings. The smallest absolute Gasteiger partial charge is 0.337 e. The van der Waals surface area contributed by atoms with E-state index in [2.05, 4.69) is 26.1 Å². The van der Waals surface area contributed by atoms with Crippen molar-refractivity contribution in [1.29, 1.82) is 0 Å². The summed E-state index contributed by atoms with van der Waals surface area (Å²) in [6.07, 6.45) is 2.94. The Hall–Kier alpha value is -1.51. The van der Waals surface area contributed by atoms with E-state index in [1.54, 1.807) is 6.07 Å². The number of carboxylic acids is 1. The highest BCUT2D eigenvalue weighted by molar-refractivity contribution is 5.94. The molecule has 18 heavy (non-hydrogen) atoms. The van der Waals surface area contributed by atoms with Crippen LogP contribution in [0.1, 0.15) is 56.0 Å². The van der Waals surface area contributed by atoms with Crippen LogP contribution in [0.3, 0.4) is 0 Å². The van der Waals surface area contributed by atoms with Gasteiger partial charge in [-0.3, -0.25) is 0 Å². The first kappa shape index (κ1) is 14.6. The summed E-state index contributed by atoms with van der Waals surface area (Å²) in [4.78, 5) is 11.3. The summed E-state index contributed by atoms with van der Waals surface area (Å²) >= 11 is 0. The van der Waals surface area contributed by atoms with Gasteiger partial charge in [0.25, 0.3) is 0 Å². The molecule has 1 rings (SSSR count). The molecule has 2 N–H and O–H groups in total. The van der Waals surface area contributed by atoms with E-state index in [-0.39, 0.29) is 5.54 Å². The lowest BCUT2D eigenvalue weighted by atomic mass is 9.89. The monoisotopic (exact) mass is 249 g/mol. The number of benzene rings is 1. The van der Waals surface area contributed by atoms with Crippen molar-refractivity contribution in [2.24, 2.45) is 0 Å². The molecule has 0 amide bonds. The van der Waals surface area contributed by atoms with E-state index >= 15 is 0 Å². The van der Waals surface area contributed by atoms with Crippen LogP contribution >= 0.6 is 0 Å². The van der Waals surface area contributed by atoms with E-state index in [4.69, 9.17) is 0 Å². The van der Waals surface area contributed by atoms with Gasteiger partial charge >= 0.3 is 5.97 Å². The van der Waals surface area contributed by atoms with Gasteiger partial charge in [0, 0.05) is 11.2 Å². The summed E-state index contributed by atoms with van der Waals surface area (Å²) in [7, 11) is 0. The molecule has 1 aromatic carbocycles. The number of aromatic carboxylic acids is 1. The Kier molecular flexibility index (Phi) is 4.76. The number of carbonyl (C=O) groups is 1. The fourth-order valence-electron chi connectivity index (χ4n) is 2.24. The predicted octanol–water partition coefficient (Wildman–Crippen LogP) is 4.07. The third-order valence-corrected chi connectivity index (χ3v) is 3.84. The predicted molar refractivity (Wildman–Crippen MR) is 75.4 cm³/mol. The third kappa shape index (κ3) is 3.03. The molecule has 0 spiro atoms. The minimum atomic E-state index is -0.876. The van der Waals surface area contributed by atoms with Crippen LogP contribution in [0.15, 0.2) is 18.2 Å². The van der Waals surface area contributed by atoms with Crippen molar-refractivity contribution in [3.63, 3.8) is 0 Å². The van der Waals surface area contributed by atoms with Gasteiger partial charge in [0.05, 0.1) is 5.56 Å². The second kappa shape index (κ2) is 5.89. The third-order valence-electron chi connectivity index (χ3n) is 3.84. The largest absolute Gasteiger partial charge is 0.478 e. The van der Waals surface area contributed by atoms with Crippen molar-refractivity contribution in [1.82, 2.24) is 0 Å². The molecule has 0 radical (unpaired) electrons. The lowest BCUT2D eigenvalue weighted by Crippen LogP contribution is -2.36. The molecule has 0 saturated carbocycles. The van der Waals surface area contributed by atoms with E-state index in [9.17, 15) is 9.90 Å². The van der Waals surface area contributed by atoms with Crippen LogP contribution in [-0.4, -0.2) is 16.6 Å². The molecule has 3 nitrogen and oxygen atoms in total. The van der Waals surface area contributed by atoms with Gasteiger partial charge in [-0.25, -0.2) is 4.79 Å². The summed E-state index contributed by atoms with van der Waals surface area (Å²) in [6.45, 7) is 8.31. The van der Waals surface area contributed by atoms with Crippen molar-refractivity contribution < 1.29 is 9.90 Å². The fraction of sp³-hybridized carbons (Fsp3) is 0.533. The number of hydrogen-bond donors (Lipinski definition) is 2. The van der Waals surface area contributed by atoms with E-state index in [0.717, 1.165) is 30.5 Å². The Morgan fingerprint density at radius 1 is 1.22 bits per heavy atom. The molecule has 0 aliphatic rings. The first-order chi connectivity index (χ1) is 8.48. The maximum Gasteiger partial charge on any atom is 0.337 e. The van der Waals surface area contributed by atoms with Crippen molar-refractivity contribution in [2.75, 3.05) is 5.32 Å². The average molecular weight is 249 g/mol. The number of nitrogens with one attached hydrogen (secondary N) is 1. The first-order valence-corrected chi connectivity index (χ1v) is 6.60. The minimum Gasteiger partial charge on any atom is -0.478 e. The second-order valence-corrected chi connectivity index (χ2v) is 4.82. The molecule has 0 aromatic heterocycles. The standard InChI is InChI=1S/C15H23NO2/c1-5-15(6-2,7-3)16-13-9-8-11(4)10-12(13)14(17)18/h8-10,16H,5-7H2,1-4H3,(H,17,18). The Bertz CT molecular complexity index is 414. The van der Waals surface area contributed by atoms with Crippen molar-refractivity contribution >= 4 is 11.7 Å². The van der Waals surface area contributed by atoms with Crippen LogP contribution in [0, 0.1) is 6.92 Å². The molecule has 0 saturated heterocycles. The Morgan fingerprint density at radius 2 is 1.78 bits per heavy atom. The van der Waals surface area contributed by atoms with Gasteiger partial charge < -0.3 is 10.4 Å². The molecule has 0 bridgehead atoms. The van der Waals surface area contributed by atoms with Crippen LogP contribution in [-0.2, 0) is 0 Å². The number of rotatable bonds is 6. The first-order valence-electron chi connectivity index (χ1n) is 6.60. The molecule has 0 unspecified atom stereocenters. The van der Waals surface area contributed by atoms with Gasteiger partial charge in [-0.15, -0.1) is 0 Å². The average Bonchev–Trinajstić information content (AvgIpc) is 2.37. The van der Waals surface area contributed by atoms with Crippen LogP contribution in [0.25, 0.3) is 0 Å². The highest BCUT2D eigenvalue weighted by atomic mass is 16.4. The zero-order valence-corrected chi connectivity index (χ0v) is 11.7. The highest BCUT2D eigenvalue weighted by Crippen LogP contribution is 2.28. The second-order valence-electron chi connectivity index (χ2n) is 4.82. The molecule has 0 aliphatic heterocycles. The molecule has 0 aliphatic carbocycles. The summed E-state index contributed by atoms with van der Waals surface area (Å²) in [5.74, 6) is -0.876.